The van der Waals surface area contributed by atoms with Gasteiger partial charge in [-0.3, -0.25) is 24.6 Å². The Labute approximate surface area is 190 Å². The van der Waals surface area contributed by atoms with Crippen LogP contribution in [0.1, 0.15) is 11.1 Å². The normalized spacial score (nSPS) is 14.6. The minimum Gasteiger partial charge on any atom is -0.493 e. The maximum atomic E-state index is 12.4. The Morgan fingerprint density at radius 1 is 1.29 bits per heavy atom. The van der Waals surface area contributed by atoms with Gasteiger partial charge in [0.1, 0.15) is 6.61 Å². The second-order valence-electron chi connectivity index (χ2n) is 6.21. The Morgan fingerprint density at radius 3 is 2.74 bits per heavy atom. The molecule has 0 bridgehead atoms. The lowest BCUT2D eigenvalue weighted by Crippen LogP contribution is -2.28. The van der Waals surface area contributed by atoms with Crippen molar-refractivity contribution in [1.29, 1.82) is 0 Å². The first-order valence-corrected chi connectivity index (χ1v) is 10.4. The minimum atomic E-state index is -0.471. The molecule has 8 nitrogen and oxygen atoms in total. The summed E-state index contributed by atoms with van der Waals surface area (Å²) in [6, 6.07) is 9.45. The molecule has 0 saturated carbocycles. The number of methoxy groups -OCH3 is 1. The molecule has 1 heterocycles. The Morgan fingerprint density at radius 2 is 2.06 bits per heavy atom. The van der Waals surface area contributed by atoms with E-state index in [9.17, 15) is 19.7 Å². The van der Waals surface area contributed by atoms with Gasteiger partial charge in [-0.05, 0) is 41.1 Å². The molecule has 0 spiro atoms. The molecular formula is C21H15BrN2O6S. The first-order valence-electron chi connectivity index (χ1n) is 8.76. The fourth-order valence-corrected chi connectivity index (χ4v) is 3.99. The number of imide groups is 1. The van der Waals surface area contributed by atoms with Gasteiger partial charge >= 0.3 is 0 Å². The Hall–Kier alpha value is -3.29. The first kappa shape index (κ1) is 22.4. The lowest BCUT2D eigenvalue weighted by Gasteiger charge is -2.13. The van der Waals surface area contributed by atoms with E-state index >= 15 is 0 Å². The lowest BCUT2D eigenvalue weighted by atomic mass is 10.1. The van der Waals surface area contributed by atoms with E-state index in [1.54, 1.807) is 30.3 Å². The van der Waals surface area contributed by atoms with E-state index in [1.165, 1.54) is 19.2 Å². The highest BCUT2D eigenvalue weighted by atomic mass is 79.9. The van der Waals surface area contributed by atoms with Crippen molar-refractivity contribution in [3.05, 3.63) is 67.0 Å². The van der Waals surface area contributed by atoms with Crippen molar-refractivity contribution < 1.29 is 24.0 Å². The zero-order valence-electron chi connectivity index (χ0n) is 16.2. The number of rotatable bonds is 7. The Bertz CT molecular complexity index is 1140. The van der Waals surface area contributed by atoms with Gasteiger partial charge in [-0.25, -0.2) is 0 Å². The fourth-order valence-electron chi connectivity index (χ4n) is 2.72. The standard InChI is InChI=1S/C21H15BrN2O6S/c1-3-7-23-20(25)19(31-21(23)26)10-14-9-17(29-2)18(11-16(14)22)30-12-13-5-4-6-15(8-13)24(27)28/h1,4-6,8-11H,7,12H2,2H3. The molecule has 1 aliphatic heterocycles. The predicted molar refractivity (Wildman–Crippen MR) is 120 cm³/mol. The van der Waals surface area contributed by atoms with Crippen LogP contribution in [-0.4, -0.2) is 34.6 Å². The summed E-state index contributed by atoms with van der Waals surface area (Å²) in [7, 11) is 1.47. The van der Waals surface area contributed by atoms with Crippen molar-refractivity contribution in [3.63, 3.8) is 0 Å². The van der Waals surface area contributed by atoms with Gasteiger partial charge in [0.15, 0.2) is 11.5 Å². The molecule has 1 aliphatic rings. The highest BCUT2D eigenvalue weighted by Crippen LogP contribution is 2.38. The summed E-state index contributed by atoms with van der Waals surface area (Å²) in [6.45, 7) is 0.00568. The van der Waals surface area contributed by atoms with Crippen LogP contribution >= 0.6 is 27.7 Å². The van der Waals surface area contributed by atoms with Crippen LogP contribution in [0.15, 0.2) is 45.8 Å². The van der Waals surface area contributed by atoms with Gasteiger partial charge < -0.3 is 9.47 Å². The third kappa shape index (κ3) is 5.07. The number of nitrogens with zero attached hydrogens (tertiary/aromatic N) is 2. The largest absolute Gasteiger partial charge is 0.493 e. The van der Waals surface area contributed by atoms with Gasteiger partial charge in [0.25, 0.3) is 16.8 Å². The van der Waals surface area contributed by atoms with Crippen LogP contribution in [0.2, 0.25) is 0 Å². The van der Waals surface area contributed by atoms with Crippen molar-refractivity contribution in [2.24, 2.45) is 0 Å². The van der Waals surface area contributed by atoms with Crippen LogP contribution in [0.5, 0.6) is 11.5 Å². The third-order valence-electron chi connectivity index (χ3n) is 4.21. The number of halogens is 1. The van der Waals surface area contributed by atoms with Gasteiger partial charge in [-0.15, -0.1) is 6.42 Å². The number of benzene rings is 2. The summed E-state index contributed by atoms with van der Waals surface area (Å²) in [5.74, 6) is 2.63. The van der Waals surface area contributed by atoms with Crippen molar-refractivity contribution in [2.45, 2.75) is 6.61 Å². The van der Waals surface area contributed by atoms with Gasteiger partial charge in [-0.1, -0.05) is 34.0 Å². The maximum absolute atomic E-state index is 12.4. The molecule has 0 aliphatic carbocycles. The average molecular weight is 503 g/mol. The molecule has 3 rings (SSSR count). The minimum absolute atomic E-state index is 0.0247. The van der Waals surface area contributed by atoms with E-state index in [1.807, 2.05) is 0 Å². The van der Waals surface area contributed by atoms with E-state index in [0.29, 0.717) is 27.1 Å². The molecule has 1 fully saturated rings. The molecule has 0 unspecified atom stereocenters. The molecule has 2 aromatic carbocycles. The summed E-state index contributed by atoms with van der Waals surface area (Å²) in [5, 5.41) is 10.5. The van der Waals surface area contributed by atoms with E-state index < -0.39 is 16.1 Å². The monoisotopic (exact) mass is 502 g/mol. The van der Waals surface area contributed by atoms with Crippen LogP contribution in [-0.2, 0) is 11.4 Å². The fraction of sp³-hybridized carbons (Fsp3) is 0.143. The highest BCUT2D eigenvalue weighted by molar-refractivity contribution is 9.10. The second-order valence-corrected chi connectivity index (χ2v) is 8.06. The quantitative estimate of drug-likeness (QED) is 0.235. The van der Waals surface area contributed by atoms with Crippen LogP contribution in [0.3, 0.4) is 0 Å². The predicted octanol–water partition coefficient (Wildman–Crippen LogP) is 4.61. The van der Waals surface area contributed by atoms with Gasteiger partial charge in [0.2, 0.25) is 0 Å². The number of thioether (sulfide) groups is 1. The van der Waals surface area contributed by atoms with Gasteiger partial charge in [-0.2, -0.15) is 0 Å². The van der Waals surface area contributed by atoms with Crippen LogP contribution in [0, 0.1) is 22.5 Å². The molecule has 0 atom stereocenters. The van der Waals surface area contributed by atoms with E-state index in [2.05, 4.69) is 21.9 Å². The number of carbonyl (C=O) groups is 2. The second kappa shape index (κ2) is 9.68. The number of ether oxygens (including phenoxy) is 2. The molecule has 2 aromatic rings. The summed E-state index contributed by atoms with van der Waals surface area (Å²) >= 11 is 4.24. The Balaban J connectivity index is 1.83. The molecule has 2 amide bonds. The van der Waals surface area contributed by atoms with Gasteiger partial charge in [0.05, 0.1) is 23.5 Å². The Kier molecular flexibility index (Phi) is 6.99. The van der Waals surface area contributed by atoms with Crippen molar-refractivity contribution in [3.8, 4) is 23.8 Å². The number of non-ortho nitro benzene ring substituents is 1. The molecule has 1 saturated heterocycles. The van der Waals surface area contributed by atoms with Crippen molar-refractivity contribution in [1.82, 2.24) is 4.90 Å². The smallest absolute Gasteiger partial charge is 0.294 e. The number of nitro groups is 1. The molecule has 31 heavy (non-hydrogen) atoms. The molecule has 10 heteroatoms. The lowest BCUT2D eigenvalue weighted by molar-refractivity contribution is -0.384. The molecule has 158 valence electrons. The summed E-state index contributed by atoms with van der Waals surface area (Å²) in [4.78, 5) is 36.0. The molecule has 0 N–H and O–H groups in total. The zero-order chi connectivity index (χ0) is 22.5. The number of amides is 2. The number of nitro benzene ring substituents is 1. The third-order valence-corrected chi connectivity index (χ3v) is 5.80. The van der Waals surface area contributed by atoms with Crippen molar-refractivity contribution >= 4 is 50.6 Å². The summed E-state index contributed by atoms with van der Waals surface area (Å²) in [5.41, 5.74) is 1.20. The van der Waals surface area contributed by atoms with Crippen LogP contribution in [0.25, 0.3) is 6.08 Å². The van der Waals surface area contributed by atoms with E-state index in [-0.39, 0.29) is 23.7 Å². The van der Waals surface area contributed by atoms with E-state index in [0.717, 1.165) is 16.7 Å². The van der Waals surface area contributed by atoms with E-state index in [4.69, 9.17) is 15.9 Å². The molecule has 0 radical (unpaired) electrons. The zero-order valence-corrected chi connectivity index (χ0v) is 18.6. The number of carbonyl (C=O) groups excluding carboxylic acids is 2. The number of hydrogen-bond donors (Lipinski definition) is 0. The average Bonchev–Trinajstić information content (AvgIpc) is 3.01. The number of terminal acetylenes is 1. The first-order chi connectivity index (χ1) is 14.8. The molecular weight excluding hydrogens is 488 g/mol. The van der Waals surface area contributed by atoms with Gasteiger partial charge in [0, 0.05) is 16.6 Å². The maximum Gasteiger partial charge on any atom is 0.294 e. The van der Waals surface area contributed by atoms with Crippen molar-refractivity contribution in [2.75, 3.05) is 13.7 Å². The van der Waals surface area contributed by atoms with Crippen LogP contribution in [0.4, 0.5) is 10.5 Å². The SMILES string of the molecule is C#CCN1C(=O)SC(=Cc2cc(OC)c(OCc3cccc([N+](=O)[O-])c3)cc2Br)C1=O. The summed E-state index contributed by atoms with van der Waals surface area (Å²) < 4.78 is 11.8. The topological polar surface area (TPSA) is 99.0 Å². The molecule has 0 aromatic heterocycles. The summed E-state index contributed by atoms with van der Waals surface area (Å²) in [6.07, 6.45) is 6.77. The van der Waals surface area contributed by atoms with Crippen LogP contribution < -0.4 is 9.47 Å². The number of hydrogen-bond acceptors (Lipinski definition) is 7. The highest BCUT2D eigenvalue weighted by Gasteiger charge is 2.34.